The average Bonchev–Trinajstić information content (AvgIpc) is 3.96. The lowest BCUT2D eigenvalue weighted by molar-refractivity contribution is 0.668. The molecule has 0 saturated carbocycles. The van der Waals surface area contributed by atoms with Crippen LogP contribution in [-0.4, -0.2) is 0 Å². The van der Waals surface area contributed by atoms with E-state index < -0.39 is 0 Å². The fraction of sp³-hybridized carbons (Fsp3) is 0. The molecule has 0 aliphatic rings. The van der Waals surface area contributed by atoms with Crippen molar-refractivity contribution in [3.05, 3.63) is 188 Å². The van der Waals surface area contributed by atoms with E-state index in [1.807, 2.05) is 30.3 Å². The predicted molar refractivity (Wildman–Crippen MR) is 231 cm³/mol. The summed E-state index contributed by atoms with van der Waals surface area (Å²) in [5, 5.41) is 8.64. The lowest BCUT2D eigenvalue weighted by atomic mass is 9.95. The minimum atomic E-state index is 0.791. The topological polar surface area (TPSA) is 42.7 Å². The quantitative estimate of drug-likeness (QED) is 0.178. The van der Waals surface area contributed by atoms with Gasteiger partial charge in [0.25, 0.3) is 0 Å². The molecule has 0 amide bonds. The Morgan fingerprint density at radius 3 is 1.71 bits per heavy atom. The number of hydrogen-bond acceptors (Lipinski definition) is 4. The van der Waals surface area contributed by atoms with Crippen molar-refractivity contribution in [1.29, 1.82) is 0 Å². The van der Waals surface area contributed by atoms with E-state index in [0.29, 0.717) is 0 Å². The Kier molecular flexibility index (Phi) is 6.60. The van der Waals surface area contributed by atoms with Gasteiger partial charge in [-0.05, 0) is 64.5 Å². The van der Waals surface area contributed by atoms with Crippen LogP contribution in [-0.2, 0) is 0 Å². The summed E-state index contributed by atoms with van der Waals surface area (Å²) in [7, 11) is 0. The average molecular weight is 718 g/mol. The fourth-order valence-corrected chi connectivity index (χ4v) is 8.69. The molecule has 0 N–H and O–H groups in total. The number of fused-ring (bicyclic) bond motifs is 11. The summed E-state index contributed by atoms with van der Waals surface area (Å²) in [6.07, 6.45) is 0. The molecule has 3 heterocycles. The Hall–Kier alpha value is -7.56. The first-order valence-electron chi connectivity index (χ1n) is 18.9. The van der Waals surface area contributed by atoms with E-state index in [1.165, 1.54) is 5.56 Å². The van der Waals surface area contributed by atoms with E-state index in [9.17, 15) is 0 Å². The van der Waals surface area contributed by atoms with Gasteiger partial charge in [-0.3, -0.25) is 0 Å². The van der Waals surface area contributed by atoms with Gasteiger partial charge in [-0.1, -0.05) is 140 Å². The molecule has 0 spiro atoms. The van der Waals surface area contributed by atoms with Crippen LogP contribution in [0.2, 0.25) is 0 Å². The molecule has 9 aromatic carbocycles. The maximum Gasteiger partial charge on any atom is 0.159 e. The Morgan fingerprint density at radius 2 is 0.929 bits per heavy atom. The first kappa shape index (κ1) is 30.9. The number of hydrogen-bond donors (Lipinski definition) is 0. The van der Waals surface area contributed by atoms with Crippen molar-refractivity contribution in [1.82, 2.24) is 0 Å². The van der Waals surface area contributed by atoms with Gasteiger partial charge >= 0.3 is 0 Å². The van der Waals surface area contributed by atoms with E-state index in [2.05, 4.69) is 163 Å². The van der Waals surface area contributed by atoms with E-state index in [0.717, 1.165) is 110 Å². The SMILES string of the molecule is c1ccc(-c2ccc(N(c3cc(-c4cccc5c4oc4ccccc45)c4c(c3)oc3c5ccccc5ccc34)c3cccc4c3oc3ccccc34)cc2)cc1. The van der Waals surface area contributed by atoms with Gasteiger partial charge in [0.2, 0.25) is 0 Å². The maximum atomic E-state index is 6.99. The molecule has 0 aliphatic heterocycles. The molecule has 4 heteroatoms. The summed E-state index contributed by atoms with van der Waals surface area (Å²) in [5.41, 5.74) is 12.2. The summed E-state index contributed by atoms with van der Waals surface area (Å²) in [4.78, 5) is 2.30. The van der Waals surface area contributed by atoms with Crippen molar-refractivity contribution in [3.8, 4) is 22.3 Å². The highest BCUT2D eigenvalue weighted by molar-refractivity contribution is 6.22. The number of anilines is 3. The van der Waals surface area contributed by atoms with Crippen LogP contribution in [0, 0.1) is 0 Å². The van der Waals surface area contributed by atoms with Gasteiger partial charge in [-0.25, -0.2) is 0 Å². The van der Waals surface area contributed by atoms with Crippen LogP contribution in [0.4, 0.5) is 17.1 Å². The van der Waals surface area contributed by atoms with Crippen molar-refractivity contribution in [2.45, 2.75) is 0 Å². The van der Waals surface area contributed by atoms with Gasteiger partial charge < -0.3 is 18.2 Å². The largest absolute Gasteiger partial charge is 0.455 e. The molecule has 3 aromatic heterocycles. The molecule has 0 radical (unpaired) electrons. The smallest absolute Gasteiger partial charge is 0.159 e. The van der Waals surface area contributed by atoms with Crippen molar-refractivity contribution < 1.29 is 13.3 Å². The molecule has 0 aliphatic carbocycles. The highest BCUT2D eigenvalue weighted by Crippen LogP contribution is 2.49. The van der Waals surface area contributed by atoms with Crippen LogP contribution >= 0.6 is 0 Å². The van der Waals surface area contributed by atoms with Crippen molar-refractivity contribution in [2.75, 3.05) is 4.90 Å². The van der Waals surface area contributed by atoms with Crippen LogP contribution in [0.1, 0.15) is 0 Å². The van der Waals surface area contributed by atoms with E-state index in [-0.39, 0.29) is 0 Å². The number of rotatable bonds is 5. The predicted octanol–water partition coefficient (Wildman–Crippen LogP) is 15.3. The van der Waals surface area contributed by atoms with Crippen molar-refractivity contribution >= 4 is 93.7 Å². The van der Waals surface area contributed by atoms with Gasteiger partial charge in [0.05, 0.1) is 11.4 Å². The minimum Gasteiger partial charge on any atom is -0.455 e. The normalized spacial score (nSPS) is 11.9. The third-order valence-corrected chi connectivity index (χ3v) is 11.3. The molecule has 0 fully saturated rings. The molecule has 0 atom stereocenters. The molecule has 0 saturated heterocycles. The van der Waals surface area contributed by atoms with E-state index in [4.69, 9.17) is 13.3 Å². The molecule has 0 unspecified atom stereocenters. The summed E-state index contributed by atoms with van der Waals surface area (Å²) in [6.45, 7) is 0. The van der Waals surface area contributed by atoms with Gasteiger partial charge in [-0.15, -0.1) is 0 Å². The van der Waals surface area contributed by atoms with E-state index >= 15 is 0 Å². The number of benzene rings is 9. The monoisotopic (exact) mass is 717 g/mol. The first-order chi connectivity index (χ1) is 27.8. The summed E-state index contributed by atoms with van der Waals surface area (Å²) in [5.74, 6) is 0. The number of nitrogens with zero attached hydrogens (tertiary/aromatic N) is 1. The fourth-order valence-electron chi connectivity index (χ4n) is 8.69. The Morgan fingerprint density at radius 1 is 0.321 bits per heavy atom. The third-order valence-electron chi connectivity index (χ3n) is 11.3. The second-order valence-corrected chi connectivity index (χ2v) is 14.4. The molecule has 12 rings (SSSR count). The van der Waals surface area contributed by atoms with Crippen LogP contribution in [0.15, 0.2) is 201 Å². The zero-order valence-corrected chi connectivity index (χ0v) is 30.1. The lowest BCUT2D eigenvalue weighted by Gasteiger charge is -2.26. The van der Waals surface area contributed by atoms with Crippen LogP contribution in [0.25, 0.3) is 98.8 Å². The van der Waals surface area contributed by atoms with Crippen LogP contribution in [0.5, 0.6) is 0 Å². The standard InChI is InChI=1S/C52H31NO3/c1-2-12-32(13-3-1)33-24-27-35(28-25-33)53(45-21-11-20-41-39-17-7-9-23-47(39)55-52(41)45)36-30-44(42-19-10-18-40-38-16-6-8-22-46(38)54-51(40)42)49-43-29-26-34-14-4-5-15-37(34)50(43)56-48(49)31-36/h1-31H. The van der Waals surface area contributed by atoms with Gasteiger partial charge in [0.1, 0.15) is 27.9 Å². The minimum absolute atomic E-state index is 0.791. The Bertz CT molecular complexity index is 3480. The number of para-hydroxylation sites is 4. The number of furan rings is 3. The van der Waals surface area contributed by atoms with Crippen LogP contribution < -0.4 is 4.90 Å². The molecular formula is C52H31NO3. The molecule has 262 valence electrons. The summed E-state index contributed by atoms with van der Waals surface area (Å²) in [6, 6.07) is 65.9. The molecule has 4 nitrogen and oxygen atoms in total. The lowest BCUT2D eigenvalue weighted by Crippen LogP contribution is -2.10. The second-order valence-electron chi connectivity index (χ2n) is 14.4. The highest BCUT2D eigenvalue weighted by atomic mass is 16.3. The molecule has 56 heavy (non-hydrogen) atoms. The Balaban J connectivity index is 1.18. The van der Waals surface area contributed by atoms with Gasteiger partial charge in [0, 0.05) is 55.0 Å². The van der Waals surface area contributed by atoms with Gasteiger partial charge in [-0.2, -0.15) is 0 Å². The summed E-state index contributed by atoms with van der Waals surface area (Å²) < 4.78 is 20.4. The zero-order chi connectivity index (χ0) is 36.7. The molecule has 12 aromatic rings. The molecule has 0 bridgehead atoms. The van der Waals surface area contributed by atoms with Crippen molar-refractivity contribution in [2.24, 2.45) is 0 Å². The first-order valence-corrected chi connectivity index (χ1v) is 18.9. The van der Waals surface area contributed by atoms with Crippen molar-refractivity contribution in [3.63, 3.8) is 0 Å². The summed E-state index contributed by atoms with van der Waals surface area (Å²) >= 11 is 0. The maximum absolute atomic E-state index is 6.99. The van der Waals surface area contributed by atoms with Crippen LogP contribution in [0.3, 0.4) is 0 Å². The van der Waals surface area contributed by atoms with Gasteiger partial charge in [0.15, 0.2) is 5.58 Å². The Labute approximate surface area is 321 Å². The van der Waals surface area contributed by atoms with E-state index in [1.54, 1.807) is 0 Å². The second kappa shape index (κ2) is 12.0. The zero-order valence-electron chi connectivity index (χ0n) is 30.1. The molecular weight excluding hydrogens is 687 g/mol. The highest BCUT2D eigenvalue weighted by Gasteiger charge is 2.25. The third kappa shape index (κ3) is 4.60.